The fourth-order valence-electron chi connectivity index (χ4n) is 2.63. The molecular weight excluding hydrogens is 243 g/mol. The maximum absolute atomic E-state index is 13.7. The summed E-state index contributed by atoms with van der Waals surface area (Å²) in [6, 6.07) is 6.10. The van der Waals surface area contributed by atoms with Gasteiger partial charge in [-0.3, -0.25) is 4.79 Å². The summed E-state index contributed by atoms with van der Waals surface area (Å²) >= 11 is 0. The van der Waals surface area contributed by atoms with Crippen molar-refractivity contribution in [2.24, 2.45) is 17.6 Å². The topological polar surface area (TPSA) is 46.3 Å². The maximum atomic E-state index is 13.7. The molecule has 2 atom stereocenters. The van der Waals surface area contributed by atoms with Crippen LogP contribution in [0.2, 0.25) is 0 Å². The van der Waals surface area contributed by atoms with E-state index in [1.807, 2.05) is 0 Å². The largest absolute Gasteiger partial charge is 0.337 e. The van der Waals surface area contributed by atoms with Gasteiger partial charge in [-0.2, -0.15) is 0 Å². The van der Waals surface area contributed by atoms with Gasteiger partial charge in [0.05, 0.1) is 5.56 Å². The lowest BCUT2D eigenvalue weighted by molar-refractivity contribution is 0.0608. The summed E-state index contributed by atoms with van der Waals surface area (Å²) in [7, 11) is 0. The zero-order chi connectivity index (χ0) is 14.0. The Morgan fingerprint density at radius 1 is 1.37 bits per heavy atom. The van der Waals surface area contributed by atoms with E-state index < -0.39 is 5.82 Å². The van der Waals surface area contributed by atoms with Crippen LogP contribution in [0.15, 0.2) is 24.3 Å². The van der Waals surface area contributed by atoms with Crippen LogP contribution >= 0.6 is 0 Å². The van der Waals surface area contributed by atoms with Gasteiger partial charge in [-0.1, -0.05) is 26.0 Å². The van der Waals surface area contributed by atoms with E-state index in [-0.39, 0.29) is 17.5 Å². The van der Waals surface area contributed by atoms with Crippen LogP contribution in [0, 0.1) is 17.7 Å². The highest BCUT2D eigenvalue weighted by molar-refractivity contribution is 5.94. The molecule has 19 heavy (non-hydrogen) atoms. The minimum absolute atomic E-state index is 0.0168. The zero-order valence-electron chi connectivity index (χ0n) is 11.5. The Morgan fingerprint density at radius 3 is 2.68 bits per heavy atom. The number of hydrogen-bond acceptors (Lipinski definition) is 2. The van der Waals surface area contributed by atoms with E-state index in [1.165, 1.54) is 12.1 Å². The second-order valence-corrected chi connectivity index (χ2v) is 5.69. The molecule has 4 heteroatoms. The molecule has 2 rings (SSSR count). The number of likely N-dealkylation sites (tertiary alicyclic amines) is 1. The van der Waals surface area contributed by atoms with Crippen molar-refractivity contribution in [3.63, 3.8) is 0 Å². The molecule has 1 saturated heterocycles. The number of carbonyl (C=O) groups is 1. The molecule has 1 heterocycles. The van der Waals surface area contributed by atoms with Gasteiger partial charge in [-0.15, -0.1) is 0 Å². The lowest BCUT2D eigenvalue weighted by atomic mass is 9.85. The predicted octanol–water partition coefficient (Wildman–Crippen LogP) is 2.27. The highest BCUT2D eigenvalue weighted by atomic mass is 19.1. The summed E-state index contributed by atoms with van der Waals surface area (Å²) in [6.07, 6.45) is 0.929. The third kappa shape index (κ3) is 3.13. The SMILES string of the molecule is CC(C)C1CC(N)CN(C(=O)c2ccccc2F)C1. The number of nitrogens with zero attached hydrogens (tertiary/aromatic N) is 1. The number of amides is 1. The highest BCUT2D eigenvalue weighted by Crippen LogP contribution is 2.24. The fraction of sp³-hybridized carbons (Fsp3) is 0.533. The average Bonchev–Trinajstić information content (AvgIpc) is 2.37. The normalized spacial score (nSPS) is 23.7. The van der Waals surface area contributed by atoms with Crippen molar-refractivity contribution in [2.45, 2.75) is 26.3 Å². The van der Waals surface area contributed by atoms with Gasteiger partial charge in [0.1, 0.15) is 5.82 Å². The van der Waals surface area contributed by atoms with Gasteiger partial charge >= 0.3 is 0 Å². The fourth-order valence-corrected chi connectivity index (χ4v) is 2.63. The Morgan fingerprint density at radius 2 is 2.05 bits per heavy atom. The number of nitrogens with two attached hydrogens (primary N) is 1. The van der Waals surface area contributed by atoms with E-state index in [1.54, 1.807) is 17.0 Å². The lowest BCUT2D eigenvalue weighted by Crippen LogP contribution is -2.50. The summed E-state index contributed by atoms with van der Waals surface area (Å²) in [5.74, 6) is 0.147. The summed E-state index contributed by atoms with van der Waals surface area (Å²) in [4.78, 5) is 14.1. The van der Waals surface area contributed by atoms with Crippen molar-refractivity contribution >= 4 is 5.91 Å². The Labute approximate surface area is 113 Å². The Balaban J connectivity index is 2.17. The maximum Gasteiger partial charge on any atom is 0.256 e. The smallest absolute Gasteiger partial charge is 0.256 e. The molecule has 0 aromatic heterocycles. The molecule has 1 fully saturated rings. The molecule has 1 amide bonds. The summed E-state index contributed by atoms with van der Waals surface area (Å²) < 4.78 is 13.7. The predicted molar refractivity (Wildman–Crippen MR) is 73.2 cm³/mol. The summed E-state index contributed by atoms with van der Waals surface area (Å²) in [6.45, 7) is 5.44. The first-order valence-electron chi connectivity index (χ1n) is 6.78. The molecule has 1 aromatic carbocycles. The number of hydrogen-bond donors (Lipinski definition) is 1. The first kappa shape index (κ1) is 14.0. The van der Waals surface area contributed by atoms with Gasteiger partial charge in [0.25, 0.3) is 5.91 Å². The van der Waals surface area contributed by atoms with Crippen molar-refractivity contribution in [2.75, 3.05) is 13.1 Å². The number of halogens is 1. The van der Waals surface area contributed by atoms with Crippen molar-refractivity contribution in [3.8, 4) is 0 Å². The molecule has 3 nitrogen and oxygen atoms in total. The molecular formula is C15H21FN2O. The minimum Gasteiger partial charge on any atom is -0.337 e. The standard InChI is InChI=1S/C15H21FN2O/c1-10(2)11-7-12(17)9-18(8-11)15(19)13-5-3-4-6-14(13)16/h3-6,10-12H,7-9,17H2,1-2H3. The van der Waals surface area contributed by atoms with Crippen LogP contribution in [-0.2, 0) is 0 Å². The van der Waals surface area contributed by atoms with Crippen molar-refractivity contribution in [1.82, 2.24) is 4.90 Å². The quantitative estimate of drug-likeness (QED) is 0.890. The van der Waals surface area contributed by atoms with E-state index in [9.17, 15) is 9.18 Å². The Kier molecular flexibility index (Phi) is 4.20. The van der Waals surface area contributed by atoms with Crippen LogP contribution < -0.4 is 5.73 Å². The molecule has 2 unspecified atom stereocenters. The van der Waals surface area contributed by atoms with Crippen LogP contribution in [0.1, 0.15) is 30.6 Å². The van der Waals surface area contributed by atoms with Gasteiger partial charge in [-0.25, -0.2) is 4.39 Å². The number of benzene rings is 1. The molecule has 0 radical (unpaired) electrons. The van der Waals surface area contributed by atoms with Crippen LogP contribution in [-0.4, -0.2) is 29.9 Å². The first-order valence-corrected chi connectivity index (χ1v) is 6.78. The molecule has 2 N–H and O–H groups in total. The van der Waals surface area contributed by atoms with Gasteiger partial charge in [-0.05, 0) is 30.4 Å². The second kappa shape index (κ2) is 5.70. The molecule has 0 saturated carbocycles. The van der Waals surface area contributed by atoms with Gasteiger partial charge < -0.3 is 10.6 Å². The number of carbonyl (C=O) groups excluding carboxylic acids is 1. The first-order chi connectivity index (χ1) is 8.99. The molecule has 0 spiro atoms. The highest BCUT2D eigenvalue weighted by Gasteiger charge is 2.30. The molecule has 1 aliphatic rings. The molecule has 104 valence electrons. The van der Waals surface area contributed by atoms with Gasteiger partial charge in [0.15, 0.2) is 0 Å². The summed E-state index contributed by atoms with van der Waals surface area (Å²) in [5.41, 5.74) is 6.16. The van der Waals surface area contributed by atoms with E-state index in [2.05, 4.69) is 13.8 Å². The summed E-state index contributed by atoms with van der Waals surface area (Å²) in [5, 5.41) is 0. The van der Waals surface area contributed by atoms with Gasteiger partial charge in [0.2, 0.25) is 0 Å². The molecule has 1 aromatic rings. The zero-order valence-corrected chi connectivity index (χ0v) is 11.5. The van der Waals surface area contributed by atoms with Crippen LogP contribution in [0.4, 0.5) is 4.39 Å². The number of piperidine rings is 1. The van der Waals surface area contributed by atoms with Crippen LogP contribution in [0.3, 0.4) is 0 Å². The van der Waals surface area contributed by atoms with Crippen molar-refractivity contribution < 1.29 is 9.18 Å². The van der Waals surface area contributed by atoms with Crippen LogP contribution in [0.25, 0.3) is 0 Å². The van der Waals surface area contributed by atoms with E-state index in [0.29, 0.717) is 24.9 Å². The Hall–Kier alpha value is -1.42. The number of rotatable bonds is 2. The average molecular weight is 264 g/mol. The van der Waals surface area contributed by atoms with E-state index >= 15 is 0 Å². The van der Waals surface area contributed by atoms with Crippen molar-refractivity contribution in [1.29, 1.82) is 0 Å². The Bertz CT molecular complexity index is 461. The second-order valence-electron chi connectivity index (χ2n) is 5.69. The molecule has 1 aliphatic heterocycles. The van der Waals surface area contributed by atoms with Crippen molar-refractivity contribution in [3.05, 3.63) is 35.6 Å². The van der Waals surface area contributed by atoms with E-state index in [0.717, 1.165) is 6.42 Å². The van der Waals surface area contributed by atoms with Gasteiger partial charge in [0, 0.05) is 19.1 Å². The molecule has 0 aliphatic carbocycles. The van der Waals surface area contributed by atoms with E-state index in [4.69, 9.17) is 5.73 Å². The van der Waals surface area contributed by atoms with Crippen LogP contribution in [0.5, 0.6) is 0 Å². The molecule has 0 bridgehead atoms. The third-order valence-electron chi connectivity index (χ3n) is 3.85. The monoisotopic (exact) mass is 264 g/mol. The third-order valence-corrected chi connectivity index (χ3v) is 3.85. The lowest BCUT2D eigenvalue weighted by Gasteiger charge is -2.38. The minimum atomic E-state index is -0.465.